The van der Waals surface area contributed by atoms with Crippen molar-refractivity contribution >= 4 is 17.6 Å². The molecule has 0 bridgehead atoms. The van der Waals surface area contributed by atoms with E-state index in [1.165, 1.54) is 0 Å². The molecule has 0 spiro atoms. The van der Waals surface area contributed by atoms with Gasteiger partial charge in [-0.15, -0.1) is 5.10 Å². The Balaban J connectivity index is 1.75. The van der Waals surface area contributed by atoms with E-state index in [9.17, 15) is 9.90 Å². The molecule has 6 nitrogen and oxygen atoms in total. The minimum atomic E-state index is -0.718. The molecule has 0 saturated carbocycles. The van der Waals surface area contributed by atoms with Gasteiger partial charge in [0.05, 0.1) is 23.5 Å². The second-order valence-electron chi connectivity index (χ2n) is 6.41. The van der Waals surface area contributed by atoms with E-state index in [-0.39, 0.29) is 12.0 Å². The Hall–Kier alpha value is -1.92. The van der Waals surface area contributed by atoms with Gasteiger partial charge in [-0.1, -0.05) is 16.8 Å². The molecule has 3 atom stereocenters. The summed E-state index contributed by atoms with van der Waals surface area (Å²) < 4.78 is 1.71. The van der Waals surface area contributed by atoms with Gasteiger partial charge < -0.3 is 5.11 Å². The zero-order valence-corrected chi connectivity index (χ0v) is 14.5. The van der Waals surface area contributed by atoms with E-state index in [2.05, 4.69) is 22.1 Å². The SMILES string of the molecule is C[C@@H]1CC[C@H](C(=O)O)[C@H](C)N1Cc1cn(-c2ccc(Cl)cc2)nn1. The number of carboxylic acid groups (broad SMARTS) is 1. The van der Waals surface area contributed by atoms with Gasteiger partial charge in [-0.3, -0.25) is 9.69 Å². The summed E-state index contributed by atoms with van der Waals surface area (Å²) >= 11 is 5.90. The fraction of sp³-hybridized carbons (Fsp3) is 0.471. The molecular formula is C17H21ClN4O2. The topological polar surface area (TPSA) is 71.2 Å². The Morgan fingerprint density at radius 1 is 1.29 bits per heavy atom. The average Bonchev–Trinajstić information content (AvgIpc) is 3.00. The predicted octanol–water partition coefficient (Wildman–Crippen LogP) is 2.99. The summed E-state index contributed by atoms with van der Waals surface area (Å²) in [5.41, 5.74) is 1.72. The lowest BCUT2D eigenvalue weighted by molar-refractivity contribution is -0.146. The van der Waals surface area contributed by atoms with Crippen LogP contribution in [0.1, 0.15) is 32.4 Å². The molecule has 24 heavy (non-hydrogen) atoms. The predicted molar refractivity (Wildman–Crippen MR) is 91.2 cm³/mol. The third-order valence-corrected chi connectivity index (χ3v) is 5.11. The number of carbonyl (C=O) groups is 1. The summed E-state index contributed by atoms with van der Waals surface area (Å²) in [7, 11) is 0. The zero-order valence-electron chi connectivity index (χ0n) is 13.8. The molecule has 1 N–H and O–H groups in total. The van der Waals surface area contributed by atoms with Crippen LogP contribution in [-0.4, -0.2) is 43.1 Å². The first-order valence-corrected chi connectivity index (χ1v) is 8.49. The van der Waals surface area contributed by atoms with Crippen LogP contribution in [-0.2, 0) is 11.3 Å². The highest BCUT2D eigenvalue weighted by molar-refractivity contribution is 6.30. The maximum atomic E-state index is 11.4. The first-order valence-electron chi connectivity index (χ1n) is 8.11. The number of piperidine rings is 1. The van der Waals surface area contributed by atoms with Crippen molar-refractivity contribution in [2.45, 2.75) is 45.3 Å². The summed E-state index contributed by atoms with van der Waals surface area (Å²) in [6, 6.07) is 7.69. The number of nitrogens with zero attached hydrogens (tertiary/aromatic N) is 4. The Labute approximate surface area is 146 Å². The number of aliphatic carboxylic acids is 1. The fourth-order valence-electron chi connectivity index (χ4n) is 3.37. The van der Waals surface area contributed by atoms with Crippen molar-refractivity contribution in [1.29, 1.82) is 0 Å². The van der Waals surface area contributed by atoms with Gasteiger partial charge in [0.2, 0.25) is 0 Å². The number of hydrogen-bond acceptors (Lipinski definition) is 4. The van der Waals surface area contributed by atoms with Crippen LogP contribution in [0.5, 0.6) is 0 Å². The first kappa shape index (κ1) is 16.9. The summed E-state index contributed by atoms with van der Waals surface area (Å²) in [6.07, 6.45) is 3.49. The molecule has 3 rings (SSSR count). The molecule has 0 radical (unpaired) electrons. The number of hydrogen-bond donors (Lipinski definition) is 1. The van der Waals surface area contributed by atoms with Crippen molar-refractivity contribution in [3.8, 4) is 5.69 Å². The van der Waals surface area contributed by atoms with Crippen LogP contribution in [0.25, 0.3) is 5.69 Å². The lowest BCUT2D eigenvalue weighted by atomic mass is 9.86. The second-order valence-corrected chi connectivity index (χ2v) is 6.85. The van der Waals surface area contributed by atoms with Crippen LogP contribution in [0.15, 0.2) is 30.5 Å². The van der Waals surface area contributed by atoms with E-state index in [1.54, 1.807) is 4.68 Å². The van der Waals surface area contributed by atoms with Crippen LogP contribution < -0.4 is 0 Å². The second kappa shape index (κ2) is 6.91. The highest BCUT2D eigenvalue weighted by atomic mass is 35.5. The monoisotopic (exact) mass is 348 g/mol. The smallest absolute Gasteiger partial charge is 0.308 e. The van der Waals surface area contributed by atoms with E-state index in [0.717, 1.165) is 24.2 Å². The van der Waals surface area contributed by atoms with E-state index >= 15 is 0 Å². The zero-order chi connectivity index (χ0) is 17.3. The minimum absolute atomic E-state index is 0.0214. The number of aromatic nitrogens is 3. The molecule has 1 aliphatic rings. The van der Waals surface area contributed by atoms with Gasteiger partial charge in [-0.05, 0) is 51.0 Å². The normalized spacial score (nSPS) is 24.9. The van der Waals surface area contributed by atoms with Gasteiger partial charge in [-0.2, -0.15) is 0 Å². The first-order chi connectivity index (χ1) is 11.5. The highest BCUT2D eigenvalue weighted by Crippen LogP contribution is 2.29. The highest BCUT2D eigenvalue weighted by Gasteiger charge is 2.36. The van der Waals surface area contributed by atoms with E-state index in [4.69, 9.17) is 11.6 Å². The van der Waals surface area contributed by atoms with Crippen molar-refractivity contribution in [3.05, 3.63) is 41.2 Å². The van der Waals surface area contributed by atoms with Crippen molar-refractivity contribution in [1.82, 2.24) is 19.9 Å². The molecule has 1 saturated heterocycles. The Morgan fingerprint density at radius 3 is 2.67 bits per heavy atom. The van der Waals surface area contributed by atoms with Gasteiger partial charge in [-0.25, -0.2) is 4.68 Å². The molecule has 2 aromatic rings. The number of likely N-dealkylation sites (tertiary alicyclic amines) is 1. The summed E-state index contributed by atoms with van der Waals surface area (Å²) in [4.78, 5) is 13.6. The molecule has 1 aromatic carbocycles. The standard InChI is InChI=1S/C17H21ClN4O2/c1-11-3-8-16(17(23)24)12(2)21(11)9-14-10-22(20-19-14)15-6-4-13(18)5-7-15/h4-7,10-12,16H,3,8-9H2,1-2H3,(H,23,24)/t11-,12+,16+/m1/s1. The quantitative estimate of drug-likeness (QED) is 0.919. The molecule has 0 aliphatic carbocycles. The average molecular weight is 349 g/mol. The molecule has 1 aromatic heterocycles. The molecular weight excluding hydrogens is 328 g/mol. The van der Waals surface area contributed by atoms with Gasteiger partial charge in [0.25, 0.3) is 0 Å². The lowest BCUT2D eigenvalue weighted by Gasteiger charge is -2.41. The molecule has 7 heteroatoms. The van der Waals surface area contributed by atoms with Gasteiger partial charge in [0.15, 0.2) is 0 Å². The van der Waals surface area contributed by atoms with Crippen molar-refractivity contribution < 1.29 is 9.90 Å². The Kier molecular flexibility index (Phi) is 4.87. The lowest BCUT2D eigenvalue weighted by Crippen LogP contribution is -2.50. The van der Waals surface area contributed by atoms with Crippen molar-refractivity contribution in [3.63, 3.8) is 0 Å². The Bertz CT molecular complexity index is 716. The van der Waals surface area contributed by atoms with Crippen molar-refractivity contribution in [2.24, 2.45) is 5.92 Å². The maximum Gasteiger partial charge on any atom is 0.308 e. The van der Waals surface area contributed by atoms with E-state index in [0.29, 0.717) is 17.6 Å². The summed E-state index contributed by atoms with van der Waals surface area (Å²) in [5.74, 6) is -1.04. The number of carboxylic acids is 1. The van der Waals surface area contributed by atoms with E-state index < -0.39 is 5.97 Å². The fourth-order valence-corrected chi connectivity index (χ4v) is 3.49. The van der Waals surface area contributed by atoms with Crippen LogP contribution in [0.4, 0.5) is 0 Å². The van der Waals surface area contributed by atoms with Gasteiger partial charge >= 0.3 is 5.97 Å². The van der Waals surface area contributed by atoms with Crippen LogP contribution in [0.2, 0.25) is 5.02 Å². The van der Waals surface area contributed by atoms with Crippen molar-refractivity contribution in [2.75, 3.05) is 0 Å². The molecule has 0 amide bonds. The maximum absolute atomic E-state index is 11.4. The summed E-state index contributed by atoms with van der Waals surface area (Å²) in [5, 5.41) is 18.5. The summed E-state index contributed by atoms with van der Waals surface area (Å²) in [6.45, 7) is 4.72. The third kappa shape index (κ3) is 3.44. The third-order valence-electron chi connectivity index (χ3n) is 4.86. The van der Waals surface area contributed by atoms with Crippen LogP contribution in [0.3, 0.4) is 0 Å². The van der Waals surface area contributed by atoms with Crippen LogP contribution in [0, 0.1) is 5.92 Å². The number of halogens is 1. The molecule has 2 heterocycles. The van der Waals surface area contributed by atoms with E-state index in [1.807, 2.05) is 37.4 Å². The minimum Gasteiger partial charge on any atom is -0.481 e. The molecule has 0 unspecified atom stereocenters. The molecule has 1 aliphatic heterocycles. The Morgan fingerprint density at radius 2 is 2.00 bits per heavy atom. The molecule has 128 valence electrons. The molecule has 1 fully saturated rings. The number of rotatable bonds is 4. The van der Waals surface area contributed by atoms with Crippen LogP contribution >= 0.6 is 11.6 Å². The van der Waals surface area contributed by atoms with Gasteiger partial charge in [0, 0.05) is 23.7 Å². The van der Waals surface area contributed by atoms with Gasteiger partial charge in [0.1, 0.15) is 0 Å². The number of benzene rings is 1. The largest absolute Gasteiger partial charge is 0.481 e.